The minimum absolute atomic E-state index is 0.0394. The van der Waals surface area contributed by atoms with Crippen molar-refractivity contribution in [3.8, 4) is 6.07 Å². The molecule has 1 atom stereocenters. The van der Waals surface area contributed by atoms with Gasteiger partial charge in [-0.3, -0.25) is 9.59 Å². The fraction of sp³-hybridized carbons (Fsp3) is 0.471. The number of carbonyl (C=O) groups excluding carboxylic acids is 2. The van der Waals surface area contributed by atoms with Crippen molar-refractivity contribution >= 4 is 29.3 Å². The van der Waals surface area contributed by atoms with Crippen LogP contribution in [0.1, 0.15) is 18.4 Å². The normalized spacial score (nSPS) is 19.8. The van der Waals surface area contributed by atoms with Crippen LogP contribution < -0.4 is 5.32 Å². The molecular formula is C17H19N3O3S. The molecule has 2 aliphatic rings. The number of thioether (sulfide) groups is 1. The molecule has 1 heterocycles. The van der Waals surface area contributed by atoms with Gasteiger partial charge in [-0.2, -0.15) is 5.26 Å². The van der Waals surface area contributed by atoms with E-state index < -0.39 is 6.04 Å². The summed E-state index contributed by atoms with van der Waals surface area (Å²) in [5, 5.41) is 11.6. The average Bonchev–Trinajstić information content (AvgIpc) is 3.28. The molecule has 1 saturated heterocycles. The Balaban J connectivity index is 1.53. The molecule has 0 bridgehead atoms. The van der Waals surface area contributed by atoms with Gasteiger partial charge in [-0.15, -0.1) is 11.8 Å². The quantitative estimate of drug-likeness (QED) is 0.850. The van der Waals surface area contributed by atoms with Gasteiger partial charge in [-0.25, -0.2) is 0 Å². The summed E-state index contributed by atoms with van der Waals surface area (Å²) in [6.45, 7) is 0.673. The van der Waals surface area contributed by atoms with E-state index in [4.69, 9.17) is 10.00 Å². The van der Waals surface area contributed by atoms with Gasteiger partial charge in [0, 0.05) is 11.4 Å². The first-order chi connectivity index (χ1) is 11.7. The number of ether oxygens (including phenoxy) is 1. The summed E-state index contributed by atoms with van der Waals surface area (Å²) >= 11 is 1.56. The zero-order chi connectivity index (χ0) is 16.9. The second-order valence-corrected chi connectivity index (χ2v) is 7.02. The van der Waals surface area contributed by atoms with Crippen LogP contribution in [0.25, 0.3) is 0 Å². The van der Waals surface area contributed by atoms with Crippen LogP contribution in [0.2, 0.25) is 0 Å². The van der Waals surface area contributed by atoms with E-state index in [2.05, 4.69) is 5.32 Å². The van der Waals surface area contributed by atoms with E-state index in [1.807, 2.05) is 6.07 Å². The Morgan fingerprint density at radius 2 is 2.08 bits per heavy atom. The molecule has 1 aromatic carbocycles. The second-order valence-electron chi connectivity index (χ2n) is 6.02. The molecule has 2 fully saturated rings. The highest BCUT2D eigenvalue weighted by Crippen LogP contribution is 2.29. The van der Waals surface area contributed by atoms with Crippen LogP contribution in [0.5, 0.6) is 0 Å². The summed E-state index contributed by atoms with van der Waals surface area (Å²) in [4.78, 5) is 26.3. The molecule has 0 spiro atoms. The van der Waals surface area contributed by atoms with Crippen molar-refractivity contribution in [1.82, 2.24) is 4.90 Å². The molecule has 1 saturated carbocycles. The highest BCUT2D eigenvalue weighted by Gasteiger charge is 2.34. The number of anilines is 1. The van der Waals surface area contributed by atoms with Gasteiger partial charge in [-0.1, -0.05) is 0 Å². The summed E-state index contributed by atoms with van der Waals surface area (Å²) in [5.41, 5.74) is 1.15. The van der Waals surface area contributed by atoms with Crippen LogP contribution >= 0.6 is 11.8 Å². The highest BCUT2D eigenvalue weighted by molar-refractivity contribution is 7.99. The number of benzene rings is 1. The molecule has 6 nitrogen and oxygen atoms in total. The predicted molar refractivity (Wildman–Crippen MR) is 91.3 cm³/mol. The number of nitriles is 1. The number of amides is 2. The summed E-state index contributed by atoms with van der Waals surface area (Å²) in [6.07, 6.45) is 2.37. The summed E-state index contributed by atoms with van der Waals surface area (Å²) in [6, 6.07) is 8.21. The Morgan fingerprint density at radius 1 is 1.33 bits per heavy atom. The van der Waals surface area contributed by atoms with Crippen LogP contribution in [-0.4, -0.2) is 47.6 Å². The van der Waals surface area contributed by atoms with E-state index in [-0.39, 0.29) is 18.4 Å². The van der Waals surface area contributed by atoms with Gasteiger partial charge in [0.1, 0.15) is 12.6 Å². The maximum atomic E-state index is 12.5. The van der Waals surface area contributed by atoms with Crippen molar-refractivity contribution < 1.29 is 14.3 Å². The molecule has 1 aromatic rings. The Hall–Kier alpha value is -2.04. The lowest BCUT2D eigenvalue weighted by Gasteiger charge is -2.23. The molecule has 1 aliphatic heterocycles. The van der Waals surface area contributed by atoms with Crippen molar-refractivity contribution in [2.75, 3.05) is 30.2 Å². The highest BCUT2D eigenvalue weighted by atomic mass is 32.2. The topological polar surface area (TPSA) is 82.4 Å². The Morgan fingerprint density at radius 3 is 2.75 bits per heavy atom. The van der Waals surface area contributed by atoms with Gasteiger partial charge >= 0.3 is 0 Å². The molecule has 7 heteroatoms. The first-order valence-electron chi connectivity index (χ1n) is 7.93. The van der Waals surface area contributed by atoms with Gasteiger partial charge in [-0.05, 0) is 43.0 Å². The third-order valence-corrected chi connectivity index (χ3v) is 5.08. The van der Waals surface area contributed by atoms with Crippen LogP contribution in [0.4, 0.5) is 5.69 Å². The second kappa shape index (κ2) is 7.69. The number of nitrogens with one attached hydrogen (secondary N) is 1. The fourth-order valence-electron chi connectivity index (χ4n) is 2.44. The number of nitrogens with zero attached hydrogens (tertiary/aromatic N) is 2. The Bertz CT molecular complexity index is 652. The SMILES string of the molecule is N#Cc1ccc(NC(=O)C2CSCN2C(=O)COCC2CC2)cc1. The molecular weight excluding hydrogens is 326 g/mol. The number of hydrogen-bond acceptors (Lipinski definition) is 5. The van der Waals surface area contributed by atoms with E-state index >= 15 is 0 Å². The maximum absolute atomic E-state index is 12.5. The van der Waals surface area contributed by atoms with Gasteiger partial charge in [0.05, 0.1) is 24.1 Å². The van der Waals surface area contributed by atoms with Crippen LogP contribution in [0.3, 0.4) is 0 Å². The van der Waals surface area contributed by atoms with E-state index in [0.717, 1.165) is 0 Å². The fourth-order valence-corrected chi connectivity index (χ4v) is 3.62. The van der Waals surface area contributed by atoms with Crippen molar-refractivity contribution in [2.24, 2.45) is 5.92 Å². The van der Waals surface area contributed by atoms with Crippen LogP contribution in [0.15, 0.2) is 24.3 Å². The van der Waals surface area contributed by atoms with Gasteiger partial charge in [0.25, 0.3) is 0 Å². The lowest BCUT2D eigenvalue weighted by Crippen LogP contribution is -2.45. The average molecular weight is 345 g/mol. The minimum Gasteiger partial charge on any atom is -0.371 e. The molecule has 1 unspecified atom stereocenters. The zero-order valence-electron chi connectivity index (χ0n) is 13.2. The molecule has 2 amide bonds. The van der Waals surface area contributed by atoms with E-state index in [1.54, 1.807) is 40.9 Å². The van der Waals surface area contributed by atoms with Crippen molar-refractivity contribution in [1.29, 1.82) is 5.26 Å². The first-order valence-corrected chi connectivity index (χ1v) is 9.09. The third kappa shape index (κ3) is 4.28. The van der Waals surface area contributed by atoms with Crippen LogP contribution in [0, 0.1) is 17.2 Å². The van der Waals surface area contributed by atoms with E-state index in [1.165, 1.54) is 12.8 Å². The largest absolute Gasteiger partial charge is 0.371 e. The van der Waals surface area contributed by atoms with Crippen molar-refractivity contribution in [3.05, 3.63) is 29.8 Å². The van der Waals surface area contributed by atoms with E-state index in [0.29, 0.717) is 35.4 Å². The van der Waals surface area contributed by atoms with E-state index in [9.17, 15) is 9.59 Å². The standard InChI is InChI=1S/C17H19N3O3S/c18-7-12-3-5-14(6-4-12)19-17(22)15-10-24-11-20(15)16(21)9-23-8-13-1-2-13/h3-6,13,15H,1-2,8-11H2,(H,19,22). The molecule has 3 rings (SSSR count). The van der Waals surface area contributed by atoms with Gasteiger partial charge < -0.3 is 15.0 Å². The lowest BCUT2D eigenvalue weighted by molar-refractivity contribution is -0.140. The maximum Gasteiger partial charge on any atom is 0.249 e. The number of rotatable bonds is 6. The minimum atomic E-state index is -0.484. The number of carbonyl (C=O) groups is 2. The molecule has 0 aromatic heterocycles. The molecule has 24 heavy (non-hydrogen) atoms. The monoisotopic (exact) mass is 345 g/mol. The molecule has 126 valence electrons. The van der Waals surface area contributed by atoms with Crippen molar-refractivity contribution in [2.45, 2.75) is 18.9 Å². The Kier molecular flexibility index (Phi) is 5.38. The van der Waals surface area contributed by atoms with Crippen LogP contribution in [-0.2, 0) is 14.3 Å². The van der Waals surface area contributed by atoms with Crippen molar-refractivity contribution in [3.63, 3.8) is 0 Å². The smallest absolute Gasteiger partial charge is 0.249 e. The molecule has 0 radical (unpaired) electrons. The third-order valence-electron chi connectivity index (χ3n) is 4.06. The lowest BCUT2D eigenvalue weighted by atomic mass is 10.2. The molecule has 1 aliphatic carbocycles. The number of hydrogen-bond donors (Lipinski definition) is 1. The summed E-state index contributed by atoms with van der Waals surface area (Å²) in [5.74, 6) is 1.36. The zero-order valence-corrected chi connectivity index (χ0v) is 14.1. The Labute approximate surface area is 145 Å². The summed E-state index contributed by atoms with van der Waals surface area (Å²) < 4.78 is 5.44. The van der Waals surface area contributed by atoms with Gasteiger partial charge in [0.15, 0.2) is 0 Å². The van der Waals surface area contributed by atoms with Gasteiger partial charge in [0.2, 0.25) is 11.8 Å². The summed E-state index contributed by atoms with van der Waals surface area (Å²) in [7, 11) is 0. The predicted octanol–water partition coefficient (Wildman–Crippen LogP) is 1.82. The molecule has 1 N–H and O–H groups in total. The first kappa shape index (κ1) is 16.8.